The summed E-state index contributed by atoms with van der Waals surface area (Å²) in [4.78, 5) is 28.8. The number of nitrogens with one attached hydrogen (secondary N) is 1. The molecule has 35 heavy (non-hydrogen) atoms. The van der Waals surface area contributed by atoms with Crippen molar-refractivity contribution in [1.29, 1.82) is 0 Å². The monoisotopic (exact) mass is 490 g/mol. The standard InChI is InChI=1S/C30H35ClN2O2/c1-2-3-10-21-32-30(35)28(22-25-13-8-5-9-14-25)33(23-26-15-18-27(31)19-16-26)29(34)20-17-24-11-6-4-7-12-24/h4-9,11-16,18-19,28H,2-3,10,17,20-23H2,1H3,(H,32,35)/t28-/m1/s1. The Hall–Kier alpha value is -3.11. The zero-order valence-electron chi connectivity index (χ0n) is 20.5. The number of carbonyl (C=O) groups excluding carboxylic acids is 2. The first kappa shape index (κ1) is 26.5. The molecule has 3 rings (SSSR count). The van der Waals surface area contributed by atoms with E-state index < -0.39 is 6.04 Å². The van der Waals surface area contributed by atoms with Crippen molar-refractivity contribution in [1.82, 2.24) is 10.2 Å². The van der Waals surface area contributed by atoms with E-state index >= 15 is 0 Å². The van der Waals surface area contributed by atoms with E-state index in [2.05, 4.69) is 12.2 Å². The molecule has 0 fully saturated rings. The summed E-state index contributed by atoms with van der Waals surface area (Å²) in [5.74, 6) is -0.138. The second-order valence-electron chi connectivity index (χ2n) is 8.84. The van der Waals surface area contributed by atoms with E-state index in [9.17, 15) is 9.59 Å². The third-order valence-electron chi connectivity index (χ3n) is 6.09. The van der Waals surface area contributed by atoms with Gasteiger partial charge in [0.2, 0.25) is 11.8 Å². The fourth-order valence-electron chi connectivity index (χ4n) is 4.08. The van der Waals surface area contributed by atoms with Gasteiger partial charge < -0.3 is 10.2 Å². The highest BCUT2D eigenvalue weighted by molar-refractivity contribution is 6.30. The van der Waals surface area contributed by atoms with Gasteiger partial charge in [0.25, 0.3) is 0 Å². The summed E-state index contributed by atoms with van der Waals surface area (Å²) < 4.78 is 0. The van der Waals surface area contributed by atoms with Crippen LogP contribution in [0.2, 0.25) is 5.02 Å². The predicted molar refractivity (Wildman–Crippen MR) is 143 cm³/mol. The average Bonchev–Trinajstić information content (AvgIpc) is 2.89. The molecule has 0 heterocycles. The second-order valence-corrected chi connectivity index (χ2v) is 9.27. The van der Waals surface area contributed by atoms with Crippen molar-refractivity contribution in [3.63, 3.8) is 0 Å². The Morgan fingerprint density at radius 1 is 0.829 bits per heavy atom. The minimum Gasteiger partial charge on any atom is -0.354 e. The highest BCUT2D eigenvalue weighted by atomic mass is 35.5. The molecule has 0 unspecified atom stereocenters. The van der Waals surface area contributed by atoms with Gasteiger partial charge in [-0.15, -0.1) is 0 Å². The summed E-state index contributed by atoms with van der Waals surface area (Å²) in [6.45, 7) is 3.11. The molecule has 5 heteroatoms. The molecular weight excluding hydrogens is 456 g/mol. The van der Waals surface area contributed by atoms with Crippen molar-refractivity contribution in [2.45, 2.75) is 58.0 Å². The Kier molecular flexibility index (Phi) is 10.8. The summed E-state index contributed by atoms with van der Waals surface area (Å²) in [5, 5.41) is 3.73. The molecule has 184 valence electrons. The quantitative estimate of drug-likeness (QED) is 0.289. The summed E-state index contributed by atoms with van der Waals surface area (Å²) in [6.07, 6.45) is 4.52. The molecule has 2 amide bonds. The number of rotatable bonds is 13. The zero-order chi connectivity index (χ0) is 24.9. The Bertz CT molecular complexity index is 1040. The van der Waals surface area contributed by atoms with Gasteiger partial charge in [-0.2, -0.15) is 0 Å². The average molecular weight is 491 g/mol. The van der Waals surface area contributed by atoms with Gasteiger partial charge in [-0.05, 0) is 41.7 Å². The maximum Gasteiger partial charge on any atom is 0.243 e. The van der Waals surface area contributed by atoms with Crippen LogP contribution in [0.15, 0.2) is 84.9 Å². The second kappa shape index (κ2) is 14.3. The number of nitrogens with zero attached hydrogens (tertiary/aromatic N) is 1. The predicted octanol–water partition coefficient (Wildman–Crippen LogP) is 6.22. The number of aryl methyl sites for hydroxylation is 1. The van der Waals surface area contributed by atoms with E-state index in [1.165, 1.54) is 0 Å². The van der Waals surface area contributed by atoms with Gasteiger partial charge in [0.15, 0.2) is 0 Å². The number of amides is 2. The molecule has 1 N–H and O–H groups in total. The summed E-state index contributed by atoms with van der Waals surface area (Å²) in [6, 6.07) is 26.8. The number of halogens is 1. The van der Waals surface area contributed by atoms with Crippen LogP contribution in [-0.2, 0) is 29.0 Å². The number of hydrogen-bond donors (Lipinski definition) is 1. The van der Waals surface area contributed by atoms with Crippen LogP contribution < -0.4 is 5.32 Å². The Morgan fingerprint density at radius 3 is 2.09 bits per heavy atom. The van der Waals surface area contributed by atoms with Gasteiger partial charge in [0, 0.05) is 31.0 Å². The Labute approximate surface area is 214 Å². The number of benzene rings is 3. The van der Waals surface area contributed by atoms with Gasteiger partial charge >= 0.3 is 0 Å². The molecule has 0 aliphatic carbocycles. The van der Waals surface area contributed by atoms with Gasteiger partial charge in [0.05, 0.1) is 0 Å². The van der Waals surface area contributed by atoms with Gasteiger partial charge in [0.1, 0.15) is 6.04 Å². The van der Waals surface area contributed by atoms with E-state index in [0.29, 0.717) is 37.4 Å². The van der Waals surface area contributed by atoms with Crippen LogP contribution in [0.25, 0.3) is 0 Å². The lowest BCUT2D eigenvalue weighted by molar-refractivity contribution is -0.141. The molecule has 0 radical (unpaired) electrons. The smallest absolute Gasteiger partial charge is 0.243 e. The van der Waals surface area contributed by atoms with Crippen molar-refractivity contribution < 1.29 is 9.59 Å². The third-order valence-corrected chi connectivity index (χ3v) is 6.34. The topological polar surface area (TPSA) is 49.4 Å². The van der Waals surface area contributed by atoms with E-state index in [1.54, 1.807) is 4.90 Å². The number of unbranched alkanes of at least 4 members (excludes halogenated alkanes) is 2. The molecule has 0 bridgehead atoms. The Morgan fingerprint density at radius 2 is 1.46 bits per heavy atom. The first-order chi connectivity index (χ1) is 17.1. The minimum absolute atomic E-state index is 0.0338. The molecule has 3 aromatic carbocycles. The van der Waals surface area contributed by atoms with Gasteiger partial charge in [-0.3, -0.25) is 9.59 Å². The van der Waals surface area contributed by atoms with Crippen LogP contribution in [0, 0.1) is 0 Å². The van der Waals surface area contributed by atoms with Gasteiger partial charge in [-0.25, -0.2) is 0 Å². The molecule has 3 aromatic rings. The third kappa shape index (κ3) is 8.88. The molecule has 4 nitrogen and oxygen atoms in total. The first-order valence-electron chi connectivity index (χ1n) is 12.5. The zero-order valence-corrected chi connectivity index (χ0v) is 21.2. The van der Waals surface area contributed by atoms with E-state index in [1.807, 2.05) is 84.9 Å². The normalized spacial score (nSPS) is 11.6. The van der Waals surface area contributed by atoms with E-state index in [0.717, 1.165) is 36.0 Å². The van der Waals surface area contributed by atoms with E-state index in [-0.39, 0.29) is 11.8 Å². The highest BCUT2D eigenvalue weighted by Gasteiger charge is 2.30. The first-order valence-corrected chi connectivity index (χ1v) is 12.8. The van der Waals surface area contributed by atoms with E-state index in [4.69, 9.17) is 11.6 Å². The number of hydrogen-bond acceptors (Lipinski definition) is 2. The molecule has 0 spiro atoms. The lowest BCUT2D eigenvalue weighted by Crippen LogP contribution is -2.50. The van der Waals surface area contributed by atoms with Crippen LogP contribution in [-0.4, -0.2) is 29.3 Å². The van der Waals surface area contributed by atoms with Crippen LogP contribution in [0.5, 0.6) is 0 Å². The lowest BCUT2D eigenvalue weighted by Gasteiger charge is -2.32. The fraction of sp³-hybridized carbons (Fsp3) is 0.333. The van der Waals surface area contributed by atoms with Crippen LogP contribution in [0.1, 0.15) is 49.3 Å². The van der Waals surface area contributed by atoms with Crippen molar-refractivity contribution in [3.05, 3.63) is 107 Å². The largest absolute Gasteiger partial charge is 0.354 e. The summed E-state index contributed by atoms with van der Waals surface area (Å²) in [7, 11) is 0. The molecule has 0 aliphatic rings. The lowest BCUT2D eigenvalue weighted by atomic mass is 10.0. The number of carbonyl (C=O) groups is 2. The molecule has 0 saturated carbocycles. The molecule has 0 aromatic heterocycles. The Balaban J connectivity index is 1.85. The highest BCUT2D eigenvalue weighted by Crippen LogP contribution is 2.18. The fourth-order valence-corrected chi connectivity index (χ4v) is 4.21. The van der Waals surface area contributed by atoms with Crippen molar-refractivity contribution in [3.8, 4) is 0 Å². The molecular formula is C30H35ClN2O2. The molecule has 0 saturated heterocycles. The van der Waals surface area contributed by atoms with Crippen molar-refractivity contribution >= 4 is 23.4 Å². The maximum absolute atomic E-state index is 13.6. The van der Waals surface area contributed by atoms with Crippen molar-refractivity contribution in [2.24, 2.45) is 0 Å². The molecule has 0 aliphatic heterocycles. The molecule has 1 atom stereocenters. The van der Waals surface area contributed by atoms with Gasteiger partial charge in [-0.1, -0.05) is 104 Å². The maximum atomic E-state index is 13.6. The van der Waals surface area contributed by atoms with Crippen molar-refractivity contribution in [2.75, 3.05) is 6.54 Å². The summed E-state index contributed by atoms with van der Waals surface area (Å²) in [5.41, 5.74) is 3.08. The SMILES string of the molecule is CCCCCNC(=O)[C@@H](Cc1ccccc1)N(Cc1ccc(Cl)cc1)C(=O)CCc1ccccc1. The summed E-state index contributed by atoms with van der Waals surface area (Å²) >= 11 is 6.09. The van der Waals surface area contributed by atoms with Crippen LogP contribution in [0.3, 0.4) is 0 Å². The minimum atomic E-state index is -0.599. The van der Waals surface area contributed by atoms with Crippen LogP contribution in [0.4, 0.5) is 0 Å². The van der Waals surface area contributed by atoms with Crippen LogP contribution >= 0.6 is 11.6 Å².